The van der Waals surface area contributed by atoms with E-state index in [1.54, 1.807) is 0 Å². The molecule has 1 atom stereocenters. The maximum atomic E-state index is 9.71. The van der Waals surface area contributed by atoms with Crippen molar-refractivity contribution in [3.8, 4) is 0 Å². The van der Waals surface area contributed by atoms with Crippen LogP contribution in [0.15, 0.2) is 0 Å². The van der Waals surface area contributed by atoms with E-state index < -0.39 is 5.60 Å². The summed E-state index contributed by atoms with van der Waals surface area (Å²) in [6.07, 6.45) is 0.905. The van der Waals surface area contributed by atoms with Gasteiger partial charge >= 0.3 is 0 Å². The van der Waals surface area contributed by atoms with Crippen LogP contribution >= 0.6 is 0 Å². The van der Waals surface area contributed by atoms with E-state index in [0.29, 0.717) is 0 Å². The molecule has 1 heterocycles. The molecule has 3 nitrogen and oxygen atoms in total. The van der Waals surface area contributed by atoms with Gasteiger partial charge in [-0.2, -0.15) is 0 Å². The zero-order valence-electron chi connectivity index (χ0n) is 8.21. The molecule has 0 aromatic heterocycles. The van der Waals surface area contributed by atoms with Crippen LogP contribution in [0.1, 0.15) is 20.3 Å². The highest BCUT2D eigenvalue weighted by molar-refractivity contribution is 4.80. The monoisotopic (exact) mass is 173 g/mol. The molecule has 0 aromatic rings. The molecule has 1 saturated heterocycles. The van der Waals surface area contributed by atoms with Crippen molar-refractivity contribution in [1.82, 2.24) is 4.90 Å². The molecule has 0 radical (unpaired) electrons. The number of nitrogens with zero attached hydrogens (tertiary/aromatic N) is 1. The molecule has 0 aliphatic carbocycles. The van der Waals surface area contributed by atoms with Gasteiger partial charge in [0.05, 0.1) is 18.3 Å². The maximum absolute atomic E-state index is 9.71. The van der Waals surface area contributed by atoms with Crippen molar-refractivity contribution in [2.24, 2.45) is 0 Å². The smallest absolute Gasteiger partial charge is 0.0869 e. The predicted octanol–water partition coefficient (Wildman–Crippen LogP) is 0.478. The highest BCUT2D eigenvalue weighted by atomic mass is 16.5. The van der Waals surface area contributed by atoms with Gasteiger partial charge in [0.25, 0.3) is 0 Å². The van der Waals surface area contributed by atoms with Gasteiger partial charge in [0.1, 0.15) is 0 Å². The Labute approximate surface area is 74.3 Å². The Balaban J connectivity index is 2.46. The first kappa shape index (κ1) is 9.96. The van der Waals surface area contributed by atoms with Crippen molar-refractivity contribution in [3.63, 3.8) is 0 Å². The van der Waals surface area contributed by atoms with E-state index in [0.717, 1.165) is 26.1 Å². The summed E-state index contributed by atoms with van der Waals surface area (Å²) in [6, 6.07) is 0. The average molecular weight is 173 g/mol. The molecule has 1 aliphatic rings. The number of ether oxygens (including phenoxy) is 1. The number of aliphatic hydroxyl groups is 1. The van der Waals surface area contributed by atoms with E-state index in [-0.39, 0.29) is 6.10 Å². The second-order valence-electron chi connectivity index (χ2n) is 4.11. The van der Waals surface area contributed by atoms with E-state index in [1.807, 2.05) is 13.8 Å². The van der Waals surface area contributed by atoms with E-state index in [9.17, 15) is 5.11 Å². The third kappa shape index (κ3) is 2.73. The van der Waals surface area contributed by atoms with Crippen LogP contribution in [0.2, 0.25) is 0 Å². The molecule has 1 fully saturated rings. The largest absolute Gasteiger partial charge is 0.388 e. The first-order chi connectivity index (χ1) is 5.50. The van der Waals surface area contributed by atoms with Crippen molar-refractivity contribution < 1.29 is 9.84 Å². The molecule has 0 saturated carbocycles. The van der Waals surface area contributed by atoms with Gasteiger partial charge in [-0.3, -0.25) is 0 Å². The van der Waals surface area contributed by atoms with Crippen LogP contribution in [0.5, 0.6) is 0 Å². The lowest BCUT2D eigenvalue weighted by atomic mass is 9.99. The normalized spacial score (nSPS) is 28.5. The van der Waals surface area contributed by atoms with Gasteiger partial charge in [-0.05, 0) is 27.3 Å². The molecule has 0 amide bonds. The lowest BCUT2D eigenvalue weighted by Gasteiger charge is -2.27. The Morgan fingerprint density at radius 2 is 2.08 bits per heavy atom. The molecule has 1 aliphatic heterocycles. The summed E-state index contributed by atoms with van der Waals surface area (Å²) < 4.78 is 5.55. The zero-order valence-corrected chi connectivity index (χ0v) is 8.21. The van der Waals surface area contributed by atoms with E-state index in [1.165, 1.54) is 0 Å². The second-order valence-corrected chi connectivity index (χ2v) is 4.11. The number of likely N-dealkylation sites (N-methyl/N-ethyl adjacent to an activating group) is 1. The molecular formula is C9H19NO2. The molecular weight excluding hydrogens is 154 g/mol. The summed E-state index contributed by atoms with van der Waals surface area (Å²) in [4.78, 5) is 2.23. The van der Waals surface area contributed by atoms with Gasteiger partial charge in [-0.25, -0.2) is 0 Å². The van der Waals surface area contributed by atoms with Crippen LogP contribution in [0.3, 0.4) is 0 Å². The summed E-state index contributed by atoms with van der Waals surface area (Å²) in [7, 11) is 2.08. The van der Waals surface area contributed by atoms with Crippen molar-refractivity contribution in [2.75, 3.05) is 26.7 Å². The Kier molecular flexibility index (Phi) is 3.09. The Hall–Kier alpha value is -0.120. The van der Waals surface area contributed by atoms with Gasteiger partial charge in [-0.1, -0.05) is 0 Å². The summed E-state index contributed by atoms with van der Waals surface area (Å²) in [5.74, 6) is 0. The molecule has 0 bridgehead atoms. The number of rotatable bonds is 1. The minimum Gasteiger partial charge on any atom is -0.388 e. The third-order valence-electron chi connectivity index (χ3n) is 2.35. The highest BCUT2D eigenvalue weighted by Gasteiger charge is 2.29. The Bertz CT molecular complexity index is 142. The first-order valence-corrected chi connectivity index (χ1v) is 4.52. The molecule has 0 spiro atoms. The van der Waals surface area contributed by atoms with Crippen LogP contribution in [-0.2, 0) is 4.74 Å². The molecule has 3 heteroatoms. The van der Waals surface area contributed by atoms with Gasteiger partial charge in [0, 0.05) is 13.1 Å². The highest BCUT2D eigenvalue weighted by Crippen LogP contribution is 2.18. The molecule has 72 valence electrons. The fourth-order valence-electron chi connectivity index (χ4n) is 1.44. The van der Waals surface area contributed by atoms with Crippen molar-refractivity contribution in [3.05, 3.63) is 0 Å². The summed E-state index contributed by atoms with van der Waals surface area (Å²) in [5.41, 5.74) is -0.703. The number of hydrogen-bond donors (Lipinski definition) is 1. The molecule has 0 aromatic carbocycles. The minimum absolute atomic E-state index is 0.0116. The van der Waals surface area contributed by atoms with Crippen LogP contribution in [0.25, 0.3) is 0 Å². The molecule has 1 unspecified atom stereocenters. The van der Waals surface area contributed by atoms with Crippen LogP contribution < -0.4 is 0 Å². The van der Waals surface area contributed by atoms with Gasteiger partial charge in [0.2, 0.25) is 0 Å². The van der Waals surface area contributed by atoms with Crippen LogP contribution in [0.4, 0.5) is 0 Å². The number of hydrogen-bond acceptors (Lipinski definition) is 3. The standard InChI is InChI=1S/C9H19NO2/c1-9(2,11)8-4-5-10(3)6-7-12-8/h8,11H,4-7H2,1-3H3. The van der Waals surface area contributed by atoms with Crippen LogP contribution in [0, 0.1) is 0 Å². The summed E-state index contributed by atoms with van der Waals surface area (Å²) in [6.45, 7) is 6.32. The first-order valence-electron chi connectivity index (χ1n) is 4.52. The molecule has 12 heavy (non-hydrogen) atoms. The maximum Gasteiger partial charge on any atom is 0.0869 e. The minimum atomic E-state index is -0.703. The van der Waals surface area contributed by atoms with Crippen molar-refractivity contribution in [2.45, 2.75) is 32.0 Å². The van der Waals surface area contributed by atoms with E-state index in [2.05, 4.69) is 11.9 Å². The lowest BCUT2D eigenvalue weighted by Crippen LogP contribution is -2.38. The van der Waals surface area contributed by atoms with Crippen LogP contribution in [-0.4, -0.2) is 48.5 Å². The van der Waals surface area contributed by atoms with Crippen molar-refractivity contribution in [1.29, 1.82) is 0 Å². The van der Waals surface area contributed by atoms with E-state index >= 15 is 0 Å². The summed E-state index contributed by atoms with van der Waals surface area (Å²) >= 11 is 0. The fourth-order valence-corrected chi connectivity index (χ4v) is 1.44. The third-order valence-corrected chi connectivity index (χ3v) is 2.35. The Morgan fingerprint density at radius 1 is 1.42 bits per heavy atom. The van der Waals surface area contributed by atoms with Gasteiger partial charge in [0.15, 0.2) is 0 Å². The Morgan fingerprint density at radius 3 is 2.67 bits per heavy atom. The SMILES string of the molecule is CN1CCOC(C(C)(C)O)CC1. The molecule has 1 N–H and O–H groups in total. The van der Waals surface area contributed by atoms with Crippen molar-refractivity contribution >= 4 is 0 Å². The predicted molar refractivity (Wildman–Crippen MR) is 48.2 cm³/mol. The summed E-state index contributed by atoms with van der Waals surface area (Å²) in [5, 5.41) is 9.71. The van der Waals surface area contributed by atoms with E-state index in [4.69, 9.17) is 4.74 Å². The molecule has 1 rings (SSSR count). The zero-order chi connectivity index (χ0) is 9.19. The lowest BCUT2D eigenvalue weighted by molar-refractivity contribution is -0.0833. The fraction of sp³-hybridized carbons (Fsp3) is 1.00. The second kappa shape index (κ2) is 3.73. The quantitative estimate of drug-likeness (QED) is 0.626. The van der Waals surface area contributed by atoms with Gasteiger partial charge in [-0.15, -0.1) is 0 Å². The average Bonchev–Trinajstić information content (AvgIpc) is 2.11. The topological polar surface area (TPSA) is 32.7 Å². The van der Waals surface area contributed by atoms with Gasteiger partial charge < -0.3 is 14.7 Å².